The van der Waals surface area contributed by atoms with Gasteiger partial charge in [0, 0.05) is 11.3 Å². The van der Waals surface area contributed by atoms with Crippen molar-refractivity contribution in [1.29, 1.82) is 5.41 Å². The number of aromatic amines is 1. The highest BCUT2D eigenvalue weighted by Crippen LogP contribution is 2.23. The number of fused-ring (bicyclic) bond motifs is 1. The second kappa shape index (κ2) is 7.74. The molecule has 10 heteroatoms. The lowest BCUT2D eigenvalue weighted by molar-refractivity contribution is -0.143. The molecule has 10 nitrogen and oxygen atoms in total. The Bertz CT molecular complexity index is 1100. The van der Waals surface area contributed by atoms with Crippen molar-refractivity contribution in [3.8, 4) is 11.5 Å². The molecule has 2 aromatic heterocycles. The van der Waals surface area contributed by atoms with Gasteiger partial charge in [0.05, 0.1) is 17.4 Å². The summed E-state index contributed by atoms with van der Waals surface area (Å²) >= 11 is 0. The van der Waals surface area contributed by atoms with Crippen LogP contribution in [-0.2, 0) is 16.1 Å². The largest absolute Gasteiger partial charge is 0.480 e. The number of hydrogen-bond acceptors (Lipinski definition) is 5. The number of carbonyl (C=O) groups is 2. The van der Waals surface area contributed by atoms with E-state index in [0.29, 0.717) is 28.3 Å². The number of rotatable bonds is 7. The number of aromatic nitrogens is 4. The van der Waals surface area contributed by atoms with Gasteiger partial charge in [0.25, 0.3) is 0 Å². The molecule has 0 spiro atoms. The zero-order valence-electron chi connectivity index (χ0n) is 16.4. The molecule has 29 heavy (non-hydrogen) atoms. The summed E-state index contributed by atoms with van der Waals surface area (Å²) in [6.45, 7) is 5.22. The fourth-order valence-electron chi connectivity index (χ4n) is 3.01. The van der Waals surface area contributed by atoms with E-state index in [1.165, 1.54) is 6.33 Å². The summed E-state index contributed by atoms with van der Waals surface area (Å²) in [6, 6.07) is 4.29. The van der Waals surface area contributed by atoms with Crippen molar-refractivity contribution in [1.82, 2.24) is 24.8 Å². The molecule has 0 aliphatic rings. The van der Waals surface area contributed by atoms with Crippen molar-refractivity contribution in [2.24, 2.45) is 11.7 Å². The lowest BCUT2D eigenvalue weighted by Crippen LogP contribution is -2.45. The van der Waals surface area contributed by atoms with Gasteiger partial charge in [-0.1, -0.05) is 13.8 Å². The van der Waals surface area contributed by atoms with E-state index in [1.807, 2.05) is 0 Å². The van der Waals surface area contributed by atoms with Gasteiger partial charge in [0.2, 0.25) is 5.91 Å². The van der Waals surface area contributed by atoms with Crippen LogP contribution in [0.15, 0.2) is 24.5 Å². The Kier molecular flexibility index (Phi) is 5.35. The SMILES string of the molecule is Cc1c(-c2nc3cc(C(=N)N)ccc3[nH]2)ncn1CC(=O)NC(C(=O)O)C(C)C. The summed E-state index contributed by atoms with van der Waals surface area (Å²) in [7, 11) is 0. The third-order valence-corrected chi connectivity index (χ3v) is 4.68. The fourth-order valence-corrected chi connectivity index (χ4v) is 3.01. The van der Waals surface area contributed by atoms with Crippen LogP contribution < -0.4 is 11.1 Å². The van der Waals surface area contributed by atoms with Crippen LogP contribution >= 0.6 is 0 Å². The van der Waals surface area contributed by atoms with Crippen molar-refractivity contribution < 1.29 is 14.7 Å². The van der Waals surface area contributed by atoms with Crippen LogP contribution in [0.3, 0.4) is 0 Å². The number of nitrogens with two attached hydrogens (primary N) is 1. The predicted molar refractivity (Wildman–Crippen MR) is 107 cm³/mol. The van der Waals surface area contributed by atoms with Crippen molar-refractivity contribution in [2.45, 2.75) is 33.4 Å². The first-order valence-electron chi connectivity index (χ1n) is 9.05. The average molecular weight is 397 g/mol. The Hall–Kier alpha value is -3.69. The van der Waals surface area contributed by atoms with E-state index in [1.54, 1.807) is 43.5 Å². The summed E-state index contributed by atoms with van der Waals surface area (Å²) in [5.41, 5.74) is 8.82. The molecule has 1 atom stereocenters. The highest BCUT2D eigenvalue weighted by molar-refractivity contribution is 5.98. The molecule has 0 bridgehead atoms. The quantitative estimate of drug-likeness (QED) is 0.297. The van der Waals surface area contributed by atoms with Gasteiger partial charge in [0.1, 0.15) is 24.1 Å². The minimum absolute atomic E-state index is 0.0380. The van der Waals surface area contributed by atoms with Crippen LogP contribution in [0.5, 0.6) is 0 Å². The molecule has 0 saturated carbocycles. The van der Waals surface area contributed by atoms with E-state index < -0.39 is 17.9 Å². The zero-order chi connectivity index (χ0) is 21.3. The van der Waals surface area contributed by atoms with Gasteiger partial charge in [-0.25, -0.2) is 14.8 Å². The first-order valence-corrected chi connectivity index (χ1v) is 9.05. The van der Waals surface area contributed by atoms with Gasteiger partial charge in [-0.15, -0.1) is 0 Å². The number of amides is 1. The van der Waals surface area contributed by atoms with Crippen molar-refractivity contribution in [2.75, 3.05) is 0 Å². The molecule has 3 rings (SSSR count). The highest BCUT2D eigenvalue weighted by Gasteiger charge is 2.24. The molecule has 2 heterocycles. The van der Waals surface area contributed by atoms with Gasteiger partial charge in [-0.2, -0.15) is 0 Å². The van der Waals surface area contributed by atoms with Crippen LogP contribution in [-0.4, -0.2) is 48.4 Å². The molecule has 3 aromatic rings. The maximum Gasteiger partial charge on any atom is 0.326 e. The molecule has 1 aromatic carbocycles. The van der Waals surface area contributed by atoms with E-state index in [-0.39, 0.29) is 18.3 Å². The van der Waals surface area contributed by atoms with Crippen LogP contribution in [0.2, 0.25) is 0 Å². The van der Waals surface area contributed by atoms with Gasteiger partial charge in [-0.3, -0.25) is 10.2 Å². The number of hydrogen-bond donors (Lipinski definition) is 5. The highest BCUT2D eigenvalue weighted by atomic mass is 16.4. The van der Waals surface area contributed by atoms with Crippen molar-refractivity contribution >= 4 is 28.7 Å². The van der Waals surface area contributed by atoms with Gasteiger partial charge in [0.15, 0.2) is 5.82 Å². The molecule has 0 aliphatic heterocycles. The Morgan fingerprint density at radius 3 is 2.72 bits per heavy atom. The molecule has 152 valence electrons. The summed E-state index contributed by atoms with van der Waals surface area (Å²) in [6.07, 6.45) is 1.52. The lowest BCUT2D eigenvalue weighted by atomic mass is 10.1. The topological polar surface area (TPSA) is 163 Å². The van der Waals surface area contributed by atoms with Crippen LogP contribution in [0.25, 0.3) is 22.6 Å². The van der Waals surface area contributed by atoms with E-state index in [9.17, 15) is 14.7 Å². The van der Waals surface area contributed by atoms with E-state index in [2.05, 4.69) is 20.3 Å². The summed E-state index contributed by atoms with van der Waals surface area (Å²) in [5.74, 6) is -1.21. The summed E-state index contributed by atoms with van der Waals surface area (Å²) in [5, 5.41) is 19.3. The number of nitrogens with zero attached hydrogens (tertiary/aromatic N) is 3. The number of H-pyrrole nitrogens is 1. The number of nitrogens with one attached hydrogen (secondary N) is 3. The number of benzene rings is 1. The molecule has 1 amide bonds. The normalized spacial score (nSPS) is 12.3. The third-order valence-electron chi connectivity index (χ3n) is 4.68. The number of nitrogen functional groups attached to an aromatic ring is 1. The number of carboxylic acids is 1. The van der Waals surface area contributed by atoms with Gasteiger partial charge >= 0.3 is 5.97 Å². The summed E-state index contributed by atoms with van der Waals surface area (Å²) < 4.78 is 1.64. The standard InChI is InChI=1S/C19H23N7O3/c1-9(2)15(19(28)29)25-14(27)7-26-8-22-16(10(26)3)18-23-12-5-4-11(17(20)21)6-13(12)24-18/h4-6,8-9,15H,7H2,1-3H3,(H3,20,21)(H,23,24)(H,25,27)(H,28,29). The first kappa shape index (κ1) is 20.1. The lowest BCUT2D eigenvalue weighted by Gasteiger charge is -2.18. The minimum atomic E-state index is -1.07. The molecule has 6 N–H and O–H groups in total. The summed E-state index contributed by atoms with van der Waals surface area (Å²) in [4.78, 5) is 35.6. The average Bonchev–Trinajstić information content (AvgIpc) is 3.22. The molecular weight excluding hydrogens is 374 g/mol. The molecule has 1 unspecified atom stereocenters. The maximum atomic E-state index is 12.3. The van der Waals surface area contributed by atoms with E-state index >= 15 is 0 Å². The van der Waals surface area contributed by atoms with Gasteiger partial charge in [-0.05, 0) is 31.0 Å². The van der Waals surface area contributed by atoms with E-state index in [4.69, 9.17) is 11.1 Å². The number of aliphatic carboxylic acids is 1. The Morgan fingerprint density at radius 1 is 1.38 bits per heavy atom. The van der Waals surface area contributed by atoms with Gasteiger partial charge < -0.3 is 25.7 Å². The maximum absolute atomic E-state index is 12.3. The minimum Gasteiger partial charge on any atom is -0.480 e. The Labute approximate surface area is 166 Å². The van der Waals surface area contributed by atoms with Crippen molar-refractivity contribution in [3.05, 3.63) is 35.8 Å². The Balaban J connectivity index is 1.82. The van der Waals surface area contributed by atoms with Crippen LogP contribution in [0, 0.1) is 18.3 Å². The monoisotopic (exact) mass is 397 g/mol. The molecule has 0 fully saturated rings. The number of carboxylic acid groups (broad SMARTS) is 1. The number of carbonyl (C=O) groups excluding carboxylic acids is 1. The van der Waals surface area contributed by atoms with Crippen molar-refractivity contribution in [3.63, 3.8) is 0 Å². The third kappa shape index (κ3) is 4.10. The number of imidazole rings is 2. The Morgan fingerprint density at radius 2 is 2.10 bits per heavy atom. The zero-order valence-corrected chi connectivity index (χ0v) is 16.4. The second-order valence-electron chi connectivity index (χ2n) is 7.16. The van der Waals surface area contributed by atoms with Crippen LogP contribution in [0.1, 0.15) is 25.1 Å². The predicted octanol–water partition coefficient (Wildman–Crippen LogP) is 1.24. The smallest absolute Gasteiger partial charge is 0.326 e. The molecule has 0 saturated heterocycles. The van der Waals surface area contributed by atoms with Crippen LogP contribution in [0.4, 0.5) is 0 Å². The first-order chi connectivity index (χ1) is 13.7. The molecule has 0 aliphatic carbocycles. The second-order valence-corrected chi connectivity index (χ2v) is 7.16. The number of amidine groups is 1. The fraction of sp³-hybridized carbons (Fsp3) is 0.316. The van der Waals surface area contributed by atoms with E-state index in [0.717, 1.165) is 5.52 Å². The molecular formula is C19H23N7O3. The molecule has 0 radical (unpaired) electrons.